The molecule has 0 saturated carbocycles. The Bertz CT molecular complexity index is 793. The molecule has 0 spiro atoms. The van der Waals surface area contributed by atoms with E-state index in [0.717, 1.165) is 48.8 Å². The number of carbonyl (C=O) groups excluding carboxylic acids is 1. The van der Waals surface area contributed by atoms with E-state index >= 15 is 0 Å². The molecule has 0 radical (unpaired) electrons. The highest BCUT2D eigenvalue weighted by atomic mass is 16.5. The van der Waals surface area contributed by atoms with Crippen LogP contribution in [0.5, 0.6) is 0 Å². The monoisotopic (exact) mass is 373 g/mol. The zero-order valence-electron chi connectivity index (χ0n) is 16.2. The molecular weight excluding hydrogens is 346 g/mol. The SMILES string of the molecule is CCn1nc2c(c1C(=O)N1CCN(Cc3ncn[nH]3)CC1)C[C@H](C)O[C@@H]2C. The number of nitrogens with zero attached hydrogens (tertiary/aromatic N) is 6. The van der Waals surface area contributed by atoms with E-state index in [1.165, 1.54) is 6.33 Å². The average Bonchev–Trinajstić information content (AvgIpc) is 3.29. The van der Waals surface area contributed by atoms with Gasteiger partial charge < -0.3 is 9.64 Å². The highest BCUT2D eigenvalue weighted by Gasteiger charge is 2.34. The van der Waals surface area contributed by atoms with Gasteiger partial charge in [0.05, 0.1) is 24.4 Å². The smallest absolute Gasteiger partial charge is 0.272 e. The van der Waals surface area contributed by atoms with Gasteiger partial charge >= 0.3 is 0 Å². The lowest BCUT2D eigenvalue weighted by Crippen LogP contribution is -2.49. The molecule has 0 aromatic carbocycles. The van der Waals surface area contributed by atoms with Gasteiger partial charge in [-0.2, -0.15) is 10.2 Å². The number of piperazine rings is 1. The number of nitrogens with one attached hydrogen (secondary N) is 1. The van der Waals surface area contributed by atoms with E-state index in [9.17, 15) is 4.79 Å². The maximum Gasteiger partial charge on any atom is 0.272 e. The maximum atomic E-state index is 13.3. The van der Waals surface area contributed by atoms with Crippen molar-refractivity contribution in [2.75, 3.05) is 26.2 Å². The van der Waals surface area contributed by atoms with E-state index in [1.54, 1.807) is 0 Å². The largest absolute Gasteiger partial charge is 0.369 e. The minimum atomic E-state index is -0.0677. The van der Waals surface area contributed by atoms with Crippen molar-refractivity contribution in [2.45, 2.75) is 52.5 Å². The van der Waals surface area contributed by atoms with Crippen LogP contribution >= 0.6 is 0 Å². The third-order valence-electron chi connectivity index (χ3n) is 5.39. The summed E-state index contributed by atoms with van der Waals surface area (Å²) in [7, 11) is 0. The van der Waals surface area contributed by atoms with E-state index in [4.69, 9.17) is 4.74 Å². The summed E-state index contributed by atoms with van der Waals surface area (Å²) in [5.41, 5.74) is 2.73. The first-order valence-electron chi connectivity index (χ1n) is 9.67. The summed E-state index contributed by atoms with van der Waals surface area (Å²) >= 11 is 0. The Morgan fingerprint density at radius 3 is 2.74 bits per heavy atom. The van der Waals surface area contributed by atoms with Gasteiger partial charge in [-0.15, -0.1) is 0 Å². The maximum absolute atomic E-state index is 13.3. The normalized spacial score (nSPS) is 23.4. The van der Waals surface area contributed by atoms with Gasteiger partial charge in [-0.3, -0.25) is 19.5 Å². The highest BCUT2D eigenvalue weighted by molar-refractivity contribution is 5.94. The number of amides is 1. The second-order valence-corrected chi connectivity index (χ2v) is 7.32. The van der Waals surface area contributed by atoms with Crippen molar-refractivity contribution >= 4 is 5.91 Å². The van der Waals surface area contributed by atoms with E-state index < -0.39 is 0 Å². The quantitative estimate of drug-likeness (QED) is 0.860. The number of rotatable bonds is 4. The van der Waals surface area contributed by atoms with Crippen molar-refractivity contribution in [2.24, 2.45) is 0 Å². The zero-order valence-corrected chi connectivity index (χ0v) is 16.2. The first kappa shape index (κ1) is 18.1. The molecular formula is C18H27N7O2. The van der Waals surface area contributed by atoms with Crippen molar-refractivity contribution in [3.8, 4) is 0 Å². The van der Waals surface area contributed by atoms with Crippen molar-refractivity contribution in [1.82, 2.24) is 34.8 Å². The number of aromatic nitrogens is 5. The number of fused-ring (bicyclic) bond motifs is 1. The Hall–Kier alpha value is -2.26. The predicted octanol–water partition coefficient (Wildman–Crippen LogP) is 1.00. The minimum absolute atomic E-state index is 0.0677. The lowest BCUT2D eigenvalue weighted by atomic mass is 9.99. The number of hydrogen-bond acceptors (Lipinski definition) is 6. The Morgan fingerprint density at radius 2 is 2.07 bits per heavy atom. The van der Waals surface area contributed by atoms with Crippen molar-refractivity contribution in [3.63, 3.8) is 0 Å². The first-order valence-corrected chi connectivity index (χ1v) is 9.67. The minimum Gasteiger partial charge on any atom is -0.369 e. The standard InChI is InChI=1S/C18H27N7O2/c1-4-25-17(14-9-12(2)27-13(3)16(14)22-25)18(26)24-7-5-23(6-8-24)10-15-19-11-20-21-15/h11-13H,4-10H2,1-3H3,(H,19,20,21)/t12-,13+/m0/s1. The molecule has 1 amide bonds. The lowest BCUT2D eigenvalue weighted by molar-refractivity contribution is -0.00718. The van der Waals surface area contributed by atoms with Gasteiger partial charge in [-0.05, 0) is 20.8 Å². The van der Waals surface area contributed by atoms with Crippen molar-refractivity contribution in [3.05, 3.63) is 29.1 Å². The van der Waals surface area contributed by atoms with Crippen LogP contribution in [-0.4, -0.2) is 73.0 Å². The lowest BCUT2D eigenvalue weighted by Gasteiger charge is -2.34. The van der Waals surface area contributed by atoms with E-state index in [0.29, 0.717) is 19.6 Å². The molecule has 4 heterocycles. The summed E-state index contributed by atoms with van der Waals surface area (Å²) in [4.78, 5) is 21.7. The topological polar surface area (TPSA) is 92.2 Å². The van der Waals surface area contributed by atoms with Crippen molar-refractivity contribution in [1.29, 1.82) is 0 Å². The fourth-order valence-electron chi connectivity index (χ4n) is 4.04. The number of aromatic amines is 1. The van der Waals surface area contributed by atoms with E-state index in [2.05, 4.69) is 32.1 Å². The molecule has 1 saturated heterocycles. The summed E-state index contributed by atoms with van der Waals surface area (Å²) in [6, 6.07) is 0. The van der Waals surface area contributed by atoms with E-state index in [1.807, 2.05) is 23.4 Å². The third kappa shape index (κ3) is 3.49. The van der Waals surface area contributed by atoms with Gasteiger partial charge in [0, 0.05) is 44.7 Å². The molecule has 0 aliphatic carbocycles. The molecule has 1 fully saturated rings. The van der Waals surface area contributed by atoms with Crippen LogP contribution in [0.4, 0.5) is 0 Å². The Labute approximate surface area is 158 Å². The average molecular weight is 373 g/mol. The van der Waals surface area contributed by atoms with Gasteiger partial charge in [-0.25, -0.2) is 4.98 Å². The first-order chi connectivity index (χ1) is 13.1. The molecule has 2 aromatic heterocycles. The molecule has 2 aromatic rings. The molecule has 2 aliphatic rings. The fraction of sp³-hybridized carbons (Fsp3) is 0.667. The molecule has 0 unspecified atom stereocenters. The Kier molecular flexibility index (Phi) is 4.96. The van der Waals surface area contributed by atoms with Crippen molar-refractivity contribution < 1.29 is 9.53 Å². The van der Waals surface area contributed by atoms with Crippen LogP contribution in [0.15, 0.2) is 6.33 Å². The van der Waals surface area contributed by atoms with Crippen LogP contribution in [0, 0.1) is 0 Å². The fourth-order valence-corrected chi connectivity index (χ4v) is 4.04. The molecule has 4 rings (SSSR count). The number of aryl methyl sites for hydroxylation is 1. The van der Waals surface area contributed by atoms with Gasteiger partial charge in [0.1, 0.15) is 17.8 Å². The molecule has 1 N–H and O–H groups in total. The summed E-state index contributed by atoms with van der Waals surface area (Å²) in [6.45, 7) is 10.6. The number of carbonyl (C=O) groups is 1. The second-order valence-electron chi connectivity index (χ2n) is 7.32. The Balaban J connectivity index is 1.49. The van der Waals surface area contributed by atoms with Gasteiger partial charge in [0.25, 0.3) is 5.91 Å². The second kappa shape index (κ2) is 7.40. The van der Waals surface area contributed by atoms with Crippen LogP contribution in [0.2, 0.25) is 0 Å². The Morgan fingerprint density at radius 1 is 1.30 bits per heavy atom. The van der Waals surface area contributed by atoms with Gasteiger partial charge in [0.15, 0.2) is 0 Å². The number of ether oxygens (including phenoxy) is 1. The summed E-state index contributed by atoms with van der Waals surface area (Å²) in [5.74, 6) is 0.946. The summed E-state index contributed by atoms with van der Waals surface area (Å²) in [6.07, 6.45) is 2.30. The third-order valence-corrected chi connectivity index (χ3v) is 5.39. The molecule has 2 aliphatic heterocycles. The summed E-state index contributed by atoms with van der Waals surface area (Å²) in [5, 5.41) is 11.5. The molecule has 27 heavy (non-hydrogen) atoms. The van der Waals surface area contributed by atoms with Crippen LogP contribution < -0.4 is 0 Å². The van der Waals surface area contributed by atoms with Crippen LogP contribution in [0.25, 0.3) is 0 Å². The molecule has 146 valence electrons. The van der Waals surface area contributed by atoms with Crippen LogP contribution in [-0.2, 0) is 24.2 Å². The van der Waals surface area contributed by atoms with E-state index in [-0.39, 0.29) is 18.1 Å². The molecule has 9 heteroatoms. The molecule has 9 nitrogen and oxygen atoms in total. The van der Waals surface area contributed by atoms with Crippen LogP contribution in [0.3, 0.4) is 0 Å². The zero-order chi connectivity index (χ0) is 19.0. The predicted molar refractivity (Wildman–Crippen MR) is 98.1 cm³/mol. The summed E-state index contributed by atoms with van der Waals surface area (Å²) < 4.78 is 7.75. The highest BCUT2D eigenvalue weighted by Crippen LogP contribution is 2.32. The number of H-pyrrole nitrogens is 1. The van der Waals surface area contributed by atoms with Gasteiger partial charge in [0.2, 0.25) is 0 Å². The molecule has 2 atom stereocenters. The van der Waals surface area contributed by atoms with Gasteiger partial charge in [-0.1, -0.05) is 0 Å². The van der Waals surface area contributed by atoms with Crippen LogP contribution in [0.1, 0.15) is 54.4 Å². The number of hydrogen-bond donors (Lipinski definition) is 1. The molecule has 0 bridgehead atoms.